The van der Waals surface area contributed by atoms with Crippen LogP contribution in [0.1, 0.15) is 26.7 Å². The van der Waals surface area contributed by atoms with Gasteiger partial charge in [-0.2, -0.15) is 0 Å². The van der Waals surface area contributed by atoms with Crippen molar-refractivity contribution in [1.29, 1.82) is 0 Å². The van der Waals surface area contributed by atoms with Crippen LogP contribution < -0.4 is 0 Å². The highest BCUT2D eigenvalue weighted by Crippen LogP contribution is 2.32. The lowest BCUT2D eigenvalue weighted by Crippen LogP contribution is -2.40. The van der Waals surface area contributed by atoms with Crippen LogP contribution in [0.15, 0.2) is 0 Å². The lowest BCUT2D eigenvalue weighted by molar-refractivity contribution is -0.123. The lowest BCUT2D eigenvalue weighted by Gasteiger charge is -2.26. The molecule has 0 N–H and O–H groups in total. The van der Waals surface area contributed by atoms with E-state index in [-0.39, 0.29) is 5.54 Å². The molecule has 0 amide bonds. The number of carbonyl (C=O) groups excluding carboxylic acids is 1. The van der Waals surface area contributed by atoms with E-state index in [0.29, 0.717) is 5.78 Å². The van der Waals surface area contributed by atoms with Gasteiger partial charge in [0.2, 0.25) is 0 Å². The lowest BCUT2D eigenvalue weighted by atomic mass is 9.96. The highest BCUT2D eigenvalue weighted by molar-refractivity contribution is 14.1. The fourth-order valence-electron chi connectivity index (χ4n) is 1.28. The number of hydrogen-bond acceptors (Lipinski definition) is 2. The van der Waals surface area contributed by atoms with Gasteiger partial charge in [-0.05, 0) is 26.7 Å². The molecule has 0 spiro atoms. The smallest absolute Gasteiger partial charge is 0.150 e. The summed E-state index contributed by atoms with van der Waals surface area (Å²) in [4.78, 5) is 11.1. The zero-order chi connectivity index (χ0) is 7.78. The normalized spacial score (nSPS) is 34.7. The number of carbonyl (C=O) groups is 1. The fraction of sp³-hybridized carbons (Fsp3) is 0.857. The maximum Gasteiger partial charge on any atom is 0.150 e. The average Bonchev–Trinajstić information content (AvgIpc) is 2.15. The van der Waals surface area contributed by atoms with Gasteiger partial charge in [-0.3, -0.25) is 4.79 Å². The first kappa shape index (κ1) is 8.46. The first-order chi connectivity index (χ1) is 4.57. The highest BCUT2D eigenvalue weighted by Gasteiger charge is 2.39. The highest BCUT2D eigenvalue weighted by atomic mass is 127. The van der Waals surface area contributed by atoms with Gasteiger partial charge in [0.05, 0.1) is 5.54 Å². The van der Waals surface area contributed by atoms with Gasteiger partial charge >= 0.3 is 0 Å². The van der Waals surface area contributed by atoms with Crippen LogP contribution in [0.2, 0.25) is 0 Å². The second-order valence-corrected chi connectivity index (χ2v) is 4.18. The first-order valence-electron chi connectivity index (χ1n) is 3.52. The minimum Gasteiger partial charge on any atom is -0.298 e. The third-order valence-electron chi connectivity index (χ3n) is 2.31. The molecule has 0 radical (unpaired) electrons. The summed E-state index contributed by atoms with van der Waals surface area (Å²) < 4.78 is 2.12. The van der Waals surface area contributed by atoms with E-state index < -0.39 is 0 Å². The molecule has 3 heteroatoms. The molecule has 1 aliphatic rings. The number of Topliss-reactive ketones (excluding diaryl/α,β-unsaturated/α-hetero) is 1. The van der Waals surface area contributed by atoms with Gasteiger partial charge in [-0.1, -0.05) is 0 Å². The molecule has 0 aromatic carbocycles. The SMILES string of the molecule is CC(=O)[C@]1(C)CCCN1I. The Hall–Kier alpha value is 0.360. The van der Waals surface area contributed by atoms with Crippen molar-refractivity contribution in [2.24, 2.45) is 0 Å². The number of halogens is 1. The van der Waals surface area contributed by atoms with Gasteiger partial charge in [0.15, 0.2) is 0 Å². The van der Waals surface area contributed by atoms with Crippen LogP contribution in [0, 0.1) is 0 Å². The summed E-state index contributed by atoms with van der Waals surface area (Å²) in [7, 11) is 0. The average molecular weight is 253 g/mol. The van der Waals surface area contributed by atoms with Crippen molar-refractivity contribution >= 4 is 28.6 Å². The van der Waals surface area contributed by atoms with E-state index in [4.69, 9.17) is 0 Å². The number of hydrogen-bond donors (Lipinski definition) is 0. The molecule has 1 aliphatic heterocycles. The Morgan fingerprint density at radius 3 is 2.50 bits per heavy atom. The molecule has 1 saturated heterocycles. The molecule has 1 fully saturated rings. The molecule has 10 heavy (non-hydrogen) atoms. The summed E-state index contributed by atoms with van der Waals surface area (Å²) in [6.45, 7) is 4.75. The topological polar surface area (TPSA) is 20.3 Å². The van der Waals surface area contributed by atoms with Crippen molar-refractivity contribution in [2.45, 2.75) is 32.2 Å². The van der Waals surface area contributed by atoms with E-state index in [9.17, 15) is 4.79 Å². The van der Waals surface area contributed by atoms with Crippen LogP contribution in [0.3, 0.4) is 0 Å². The Bertz CT molecular complexity index is 160. The van der Waals surface area contributed by atoms with E-state index in [1.807, 2.05) is 6.92 Å². The second-order valence-electron chi connectivity index (χ2n) is 3.02. The molecule has 1 atom stereocenters. The van der Waals surface area contributed by atoms with Crippen LogP contribution in [0.4, 0.5) is 0 Å². The van der Waals surface area contributed by atoms with Crippen LogP contribution in [-0.4, -0.2) is 21.0 Å². The van der Waals surface area contributed by atoms with Crippen molar-refractivity contribution in [2.75, 3.05) is 6.54 Å². The van der Waals surface area contributed by atoms with Crippen molar-refractivity contribution in [3.8, 4) is 0 Å². The maximum atomic E-state index is 11.1. The Balaban J connectivity index is 2.75. The van der Waals surface area contributed by atoms with Gasteiger partial charge < -0.3 is 0 Å². The van der Waals surface area contributed by atoms with Gasteiger partial charge in [0, 0.05) is 29.4 Å². The molecular formula is C7H12INO. The van der Waals surface area contributed by atoms with Crippen molar-refractivity contribution in [3.05, 3.63) is 0 Å². The van der Waals surface area contributed by atoms with E-state index in [0.717, 1.165) is 19.4 Å². The molecule has 58 valence electrons. The Kier molecular flexibility index (Phi) is 2.34. The Morgan fingerprint density at radius 2 is 2.30 bits per heavy atom. The van der Waals surface area contributed by atoms with Gasteiger partial charge in [0.25, 0.3) is 0 Å². The predicted molar refractivity (Wildman–Crippen MR) is 49.0 cm³/mol. The summed E-state index contributed by atoms with van der Waals surface area (Å²) in [5, 5.41) is 0. The molecule has 1 rings (SSSR count). The standard InChI is InChI=1S/C7H12INO/c1-6(10)7(2)4-3-5-9(7)8/h3-5H2,1-2H3/t7-/m0/s1. The van der Waals surface area contributed by atoms with Gasteiger partial charge in [-0.15, -0.1) is 0 Å². The molecule has 1 heterocycles. The molecule has 0 bridgehead atoms. The number of ketones is 1. The summed E-state index contributed by atoms with van der Waals surface area (Å²) >= 11 is 2.24. The number of nitrogens with zero attached hydrogens (tertiary/aromatic N) is 1. The molecule has 0 aromatic rings. The van der Waals surface area contributed by atoms with E-state index in [1.54, 1.807) is 6.92 Å². The van der Waals surface area contributed by atoms with Gasteiger partial charge in [-0.25, -0.2) is 3.11 Å². The largest absolute Gasteiger partial charge is 0.298 e. The van der Waals surface area contributed by atoms with Crippen molar-refractivity contribution in [1.82, 2.24) is 3.11 Å². The zero-order valence-electron chi connectivity index (χ0n) is 6.35. The third-order valence-corrected chi connectivity index (χ3v) is 3.86. The predicted octanol–water partition coefficient (Wildman–Crippen LogP) is 1.78. The van der Waals surface area contributed by atoms with Crippen LogP contribution in [0.25, 0.3) is 0 Å². The minimum absolute atomic E-state index is 0.166. The van der Waals surface area contributed by atoms with Crippen LogP contribution >= 0.6 is 22.9 Å². The first-order valence-corrected chi connectivity index (χ1v) is 4.48. The minimum atomic E-state index is -0.166. The second kappa shape index (κ2) is 2.77. The summed E-state index contributed by atoms with van der Waals surface area (Å²) in [5.41, 5.74) is -0.166. The Morgan fingerprint density at radius 1 is 1.70 bits per heavy atom. The van der Waals surface area contributed by atoms with E-state index in [2.05, 4.69) is 26.0 Å². The van der Waals surface area contributed by atoms with Crippen molar-refractivity contribution < 1.29 is 4.79 Å². The van der Waals surface area contributed by atoms with E-state index >= 15 is 0 Å². The monoisotopic (exact) mass is 253 g/mol. The molecule has 0 unspecified atom stereocenters. The fourth-order valence-corrected chi connectivity index (χ4v) is 2.20. The zero-order valence-corrected chi connectivity index (χ0v) is 8.51. The van der Waals surface area contributed by atoms with E-state index in [1.165, 1.54) is 0 Å². The number of rotatable bonds is 1. The molecular weight excluding hydrogens is 241 g/mol. The van der Waals surface area contributed by atoms with Crippen LogP contribution in [-0.2, 0) is 4.79 Å². The van der Waals surface area contributed by atoms with Crippen LogP contribution in [0.5, 0.6) is 0 Å². The third kappa shape index (κ3) is 1.21. The molecule has 2 nitrogen and oxygen atoms in total. The molecule has 0 aliphatic carbocycles. The Labute approximate surface area is 75.5 Å². The van der Waals surface area contributed by atoms with Gasteiger partial charge in [0.1, 0.15) is 5.78 Å². The van der Waals surface area contributed by atoms with Crippen molar-refractivity contribution in [3.63, 3.8) is 0 Å². The summed E-state index contributed by atoms with van der Waals surface area (Å²) in [6.07, 6.45) is 2.17. The maximum absolute atomic E-state index is 11.1. The summed E-state index contributed by atoms with van der Waals surface area (Å²) in [5.74, 6) is 0.291. The molecule has 0 saturated carbocycles. The quantitative estimate of drug-likeness (QED) is 0.524. The summed E-state index contributed by atoms with van der Waals surface area (Å²) in [6, 6.07) is 0. The molecule has 0 aromatic heterocycles.